The monoisotopic (exact) mass is 210 g/mol. The Labute approximate surface area is 92.4 Å². The third-order valence-electron chi connectivity index (χ3n) is 2.52. The van der Waals surface area contributed by atoms with Gasteiger partial charge in [0.1, 0.15) is 0 Å². The summed E-state index contributed by atoms with van der Waals surface area (Å²) in [4.78, 5) is 5.48. The third kappa shape index (κ3) is 3.36. The van der Waals surface area contributed by atoms with Gasteiger partial charge in [0, 0.05) is 25.0 Å². The van der Waals surface area contributed by atoms with Crippen molar-refractivity contribution in [1.82, 2.24) is 10.0 Å². The van der Waals surface area contributed by atoms with E-state index < -0.39 is 0 Å². The molecule has 1 heterocycles. The Hall–Kier alpha value is -0.800. The summed E-state index contributed by atoms with van der Waals surface area (Å²) in [5, 5.41) is 0. The van der Waals surface area contributed by atoms with Gasteiger partial charge in [0.2, 0.25) is 0 Å². The summed E-state index contributed by atoms with van der Waals surface area (Å²) in [5.41, 5.74) is 6.73. The van der Waals surface area contributed by atoms with Crippen LogP contribution in [-0.4, -0.2) is 10.2 Å². The molecule has 0 aliphatic heterocycles. The van der Waals surface area contributed by atoms with Gasteiger partial charge < -0.3 is 4.57 Å². The zero-order valence-corrected chi connectivity index (χ0v) is 10.6. The van der Waals surface area contributed by atoms with E-state index in [2.05, 4.69) is 37.0 Å². The molecule has 0 atom stereocenters. The molecule has 0 radical (unpaired) electrons. The first-order valence-corrected chi connectivity index (χ1v) is 5.34. The summed E-state index contributed by atoms with van der Waals surface area (Å²) in [6, 6.07) is 2.19. The molecule has 3 heteroatoms. The second-order valence-electron chi connectivity index (χ2n) is 4.99. The van der Waals surface area contributed by atoms with Crippen molar-refractivity contribution in [3.05, 3.63) is 23.0 Å². The number of hydrogen-bond acceptors (Lipinski definition) is 2. The lowest BCUT2D eigenvalue weighted by atomic mass is 10.2. The van der Waals surface area contributed by atoms with Crippen molar-refractivity contribution in [2.45, 2.75) is 46.8 Å². The minimum Gasteiger partial charge on any atom is -0.352 e. The van der Waals surface area contributed by atoms with E-state index in [1.165, 1.54) is 17.0 Å². The Morgan fingerprint density at radius 2 is 1.93 bits per heavy atom. The second-order valence-corrected chi connectivity index (χ2v) is 4.99. The molecule has 0 aliphatic rings. The average molecular weight is 210 g/mol. The maximum atomic E-state index is 5.48. The van der Waals surface area contributed by atoms with Crippen LogP contribution in [0, 0.1) is 13.8 Å². The van der Waals surface area contributed by atoms with Crippen molar-refractivity contribution in [3.63, 3.8) is 0 Å². The number of hydrogen-bond donors (Lipinski definition) is 1. The predicted molar refractivity (Wildman–Crippen MR) is 62.6 cm³/mol. The molecule has 1 rings (SSSR count). The molecule has 0 unspecified atom stereocenters. The van der Waals surface area contributed by atoms with Gasteiger partial charge in [-0.1, -0.05) is 0 Å². The Kier molecular flexibility index (Phi) is 3.58. The van der Waals surface area contributed by atoms with Crippen LogP contribution < -0.4 is 5.48 Å². The fourth-order valence-electron chi connectivity index (χ4n) is 1.44. The SMILES string of the molecule is Cc1cc(CNOC(C)(C)C)c(C)n1C. The molecule has 15 heavy (non-hydrogen) atoms. The van der Waals surface area contributed by atoms with E-state index >= 15 is 0 Å². The highest BCUT2D eigenvalue weighted by molar-refractivity contribution is 5.25. The maximum Gasteiger partial charge on any atom is 0.0813 e. The van der Waals surface area contributed by atoms with Crippen molar-refractivity contribution >= 4 is 0 Å². The number of hydroxylamine groups is 1. The van der Waals surface area contributed by atoms with E-state index in [-0.39, 0.29) is 5.60 Å². The maximum absolute atomic E-state index is 5.48. The number of nitrogens with zero attached hydrogens (tertiary/aromatic N) is 1. The molecule has 0 saturated heterocycles. The summed E-state index contributed by atoms with van der Waals surface area (Å²) >= 11 is 0. The normalized spacial score (nSPS) is 12.1. The summed E-state index contributed by atoms with van der Waals surface area (Å²) < 4.78 is 2.19. The van der Waals surface area contributed by atoms with Gasteiger partial charge in [0.15, 0.2) is 0 Å². The molecule has 0 spiro atoms. The van der Waals surface area contributed by atoms with Crippen molar-refractivity contribution in [2.75, 3.05) is 0 Å². The fraction of sp³-hybridized carbons (Fsp3) is 0.667. The molecule has 1 aromatic rings. The highest BCUT2D eigenvalue weighted by Gasteiger charge is 2.11. The van der Waals surface area contributed by atoms with Crippen LogP contribution in [0.2, 0.25) is 0 Å². The molecular formula is C12H22N2O. The molecule has 3 nitrogen and oxygen atoms in total. The molecular weight excluding hydrogens is 188 g/mol. The third-order valence-corrected chi connectivity index (χ3v) is 2.52. The van der Waals surface area contributed by atoms with E-state index in [0.29, 0.717) is 0 Å². The Morgan fingerprint density at radius 1 is 1.33 bits per heavy atom. The van der Waals surface area contributed by atoms with Gasteiger partial charge >= 0.3 is 0 Å². The van der Waals surface area contributed by atoms with Crippen LogP contribution in [0.25, 0.3) is 0 Å². The molecule has 0 fully saturated rings. The van der Waals surface area contributed by atoms with Gasteiger partial charge in [-0.2, -0.15) is 5.48 Å². The Morgan fingerprint density at radius 3 is 2.33 bits per heavy atom. The van der Waals surface area contributed by atoms with Crippen molar-refractivity contribution in [3.8, 4) is 0 Å². The Bertz CT molecular complexity index is 334. The van der Waals surface area contributed by atoms with Crippen LogP contribution in [0.15, 0.2) is 6.07 Å². The molecule has 0 aliphatic carbocycles. The number of aryl methyl sites for hydroxylation is 1. The minimum atomic E-state index is -0.141. The fourth-order valence-corrected chi connectivity index (χ4v) is 1.44. The number of nitrogens with one attached hydrogen (secondary N) is 1. The lowest BCUT2D eigenvalue weighted by molar-refractivity contribution is -0.0758. The topological polar surface area (TPSA) is 26.2 Å². The smallest absolute Gasteiger partial charge is 0.0813 e. The summed E-state index contributed by atoms with van der Waals surface area (Å²) in [6.45, 7) is 11.1. The first kappa shape index (κ1) is 12.3. The highest BCUT2D eigenvalue weighted by Crippen LogP contribution is 2.13. The highest BCUT2D eigenvalue weighted by atomic mass is 16.7. The van der Waals surface area contributed by atoms with Crippen molar-refractivity contribution in [2.24, 2.45) is 7.05 Å². The summed E-state index contributed by atoms with van der Waals surface area (Å²) in [7, 11) is 2.08. The predicted octanol–water partition coefficient (Wildman–Crippen LogP) is 2.46. The summed E-state index contributed by atoms with van der Waals surface area (Å²) in [5.74, 6) is 0. The van der Waals surface area contributed by atoms with Crippen LogP contribution in [0.4, 0.5) is 0 Å². The zero-order chi connectivity index (χ0) is 11.6. The molecule has 0 amide bonds. The van der Waals surface area contributed by atoms with Gasteiger partial charge in [0.05, 0.1) is 5.60 Å². The second kappa shape index (κ2) is 4.37. The lowest BCUT2D eigenvalue weighted by Gasteiger charge is -2.19. The van der Waals surface area contributed by atoms with E-state index in [1.54, 1.807) is 0 Å². The van der Waals surface area contributed by atoms with E-state index in [4.69, 9.17) is 4.84 Å². The molecule has 0 bridgehead atoms. The first-order chi connectivity index (χ1) is 6.81. The van der Waals surface area contributed by atoms with Crippen LogP contribution in [-0.2, 0) is 18.4 Å². The first-order valence-electron chi connectivity index (χ1n) is 5.34. The molecule has 86 valence electrons. The van der Waals surface area contributed by atoms with Gasteiger partial charge in [0.25, 0.3) is 0 Å². The number of aromatic nitrogens is 1. The van der Waals surface area contributed by atoms with Gasteiger partial charge in [-0.3, -0.25) is 4.84 Å². The van der Waals surface area contributed by atoms with Gasteiger partial charge in [-0.25, -0.2) is 0 Å². The largest absolute Gasteiger partial charge is 0.352 e. The molecule has 0 saturated carbocycles. The zero-order valence-electron chi connectivity index (χ0n) is 10.6. The van der Waals surface area contributed by atoms with Crippen LogP contribution in [0.1, 0.15) is 37.7 Å². The van der Waals surface area contributed by atoms with Crippen LogP contribution >= 0.6 is 0 Å². The molecule has 0 aromatic carbocycles. The minimum absolute atomic E-state index is 0.141. The van der Waals surface area contributed by atoms with E-state index in [0.717, 1.165) is 6.54 Å². The van der Waals surface area contributed by atoms with Crippen molar-refractivity contribution in [1.29, 1.82) is 0 Å². The van der Waals surface area contributed by atoms with Crippen molar-refractivity contribution < 1.29 is 4.84 Å². The quantitative estimate of drug-likeness (QED) is 0.776. The Balaban J connectivity index is 2.55. The molecule has 1 N–H and O–H groups in total. The average Bonchev–Trinajstić information content (AvgIpc) is 2.32. The van der Waals surface area contributed by atoms with Crippen LogP contribution in [0.5, 0.6) is 0 Å². The van der Waals surface area contributed by atoms with E-state index in [1.807, 2.05) is 20.8 Å². The lowest BCUT2D eigenvalue weighted by Crippen LogP contribution is -2.28. The molecule has 1 aromatic heterocycles. The van der Waals surface area contributed by atoms with E-state index in [9.17, 15) is 0 Å². The number of rotatable bonds is 3. The summed E-state index contributed by atoms with van der Waals surface area (Å²) in [6.07, 6.45) is 0. The standard InChI is InChI=1S/C12H22N2O/c1-9-7-11(10(2)14(9)6)8-13-15-12(3,4)5/h7,13H,8H2,1-6H3. The van der Waals surface area contributed by atoms with Crippen LogP contribution in [0.3, 0.4) is 0 Å². The van der Waals surface area contributed by atoms with Gasteiger partial charge in [-0.05, 0) is 46.2 Å². The van der Waals surface area contributed by atoms with Gasteiger partial charge in [-0.15, -0.1) is 0 Å².